The highest BCUT2D eigenvalue weighted by atomic mass is 16.5. The molecule has 1 fully saturated rings. The third-order valence-electron chi connectivity index (χ3n) is 6.56. The molecule has 1 aliphatic rings. The Balaban J connectivity index is 1.75. The number of hydrogen-bond donors (Lipinski definition) is 0. The van der Waals surface area contributed by atoms with E-state index < -0.39 is 0 Å². The zero-order valence-corrected chi connectivity index (χ0v) is 20.8. The number of carbonyl (C=O) groups is 1. The smallest absolute Gasteiger partial charge is 0.223 e. The summed E-state index contributed by atoms with van der Waals surface area (Å²) in [5.41, 5.74) is 2.66. The van der Waals surface area contributed by atoms with Gasteiger partial charge in [0.25, 0.3) is 0 Å². The largest absolute Gasteiger partial charge is 0.497 e. The molecule has 0 spiro atoms. The van der Waals surface area contributed by atoms with Crippen molar-refractivity contribution < 1.29 is 9.53 Å². The van der Waals surface area contributed by atoms with Crippen molar-refractivity contribution in [1.29, 1.82) is 0 Å². The van der Waals surface area contributed by atoms with Crippen LogP contribution in [0.1, 0.15) is 83.9 Å². The summed E-state index contributed by atoms with van der Waals surface area (Å²) in [5, 5.41) is 0. The van der Waals surface area contributed by atoms with Gasteiger partial charge in [0, 0.05) is 30.9 Å². The second-order valence-electron chi connectivity index (χ2n) is 10.9. The van der Waals surface area contributed by atoms with Crippen LogP contribution in [0.15, 0.2) is 42.6 Å². The van der Waals surface area contributed by atoms with Gasteiger partial charge in [-0.25, -0.2) is 0 Å². The van der Waals surface area contributed by atoms with Gasteiger partial charge in [0.1, 0.15) is 5.75 Å². The zero-order chi connectivity index (χ0) is 23.1. The molecule has 32 heavy (non-hydrogen) atoms. The molecule has 2 aromatic rings. The first-order valence-corrected chi connectivity index (χ1v) is 12.3. The molecule has 4 nitrogen and oxygen atoms in total. The van der Waals surface area contributed by atoms with Gasteiger partial charge in [0.2, 0.25) is 5.91 Å². The SMILES string of the molecule is COc1cccc(Cn2cccc2CN(C(=O)C[C@H](C)CC(C)(C)C)C2CCCCC2)c1. The van der Waals surface area contributed by atoms with Gasteiger partial charge in [0.05, 0.1) is 13.7 Å². The van der Waals surface area contributed by atoms with Crippen LogP contribution in [0.2, 0.25) is 0 Å². The second-order valence-corrected chi connectivity index (χ2v) is 10.9. The van der Waals surface area contributed by atoms with Gasteiger partial charge in [-0.15, -0.1) is 0 Å². The van der Waals surface area contributed by atoms with Crippen LogP contribution in [0.3, 0.4) is 0 Å². The first-order chi connectivity index (χ1) is 15.2. The highest BCUT2D eigenvalue weighted by Crippen LogP contribution is 2.29. The van der Waals surface area contributed by atoms with E-state index >= 15 is 0 Å². The number of aromatic nitrogens is 1. The van der Waals surface area contributed by atoms with Gasteiger partial charge in [-0.05, 0) is 60.4 Å². The predicted molar refractivity (Wildman–Crippen MR) is 132 cm³/mol. The molecule has 1 amide bonds. The topological polar surface area (TPSA) is 34.5 Å². The van der Waals surface area contributed by atoms with E-state index in [2.05, 4.69) is 67.6 Å². The zero-order valence-electron chi connectivity index (χ0n) is 20.8. The Kier molecular flexibility index (Phi) is 8.44. The van der Waals surface area contributed by atoms with Crippen molar-refractivity contribution in [3.05, 3.63) is 53.9 Å². The summed E-state index contributed by atoms with van der Waals surface area (Å²) >= 11 is 0. The molecule has 0 bridgehead atoms. The number of nitrogens with zero attached hydrogens (tertiary/aromatic N) is 2. The Bertz CT molecular complexity index is 858. The summed E-state index contributed by atoms with van der Waals surface area (Å²) in [5.74, 6) is 1.60. The third-order valence-corrected chi connectivity index (χ3v) is 6.56. The normalized spacial score (nSPS) is 16.0. The minimum atomic E-state index is 0.251. The Morgan fingerprint density at radius 2 is 1.91 bits per heavy atom. The van der Waals surface area contributed by atoms with Crippen molar-refractivity contribution in [3.63, 3.8) is 0 Å². The monoisotopic (exact) mass is 438 g/mol. The number of ether oxygens (including phenoxy) is 1. The fraction of sp³-hybridized carbons (Fsp3) is 0.607. The third kappa shape index (κ3) is 7.15. The summed E-state index contributed by atoms with van der Waals surface area (Å²) in [4.78, 5) is 15.7. The van der Waals surface area contributed by atoms with Crippen LogP contribution < -0.4 is 4.74 Å². The van der Waals surface area contributed by atoms with E-state index in [0.717, 1.165) is 31.6 Å². The molecule has 1 atom stereocenters. The highest BCUT2D eigenvalue weighted by molar-refractivity contribution is 5.76. The molecule has 0 radical (unpaired) electrons. The molecule has 1 heterocycles. The lowest BCUT2D eigenvalue weighted by Crippen LogP contribution is -2.42. The van der Waals surface area contributed by atoms with Crippen LogP contribution in [-0.2, 0) is 17.9 Å². The molecule has 176 valence electrons. The first-order valence-electron chi connectivity index (χ1n) is 12.3. The molecule has 0 aliphatic heterocycles. The lowest BCUT2D eigenvalue weighted by atomic mass is 9.84. The van der Waals surface area contributed by atoms with Crippen LogP contribution in [0.5, 0.6) is 5.75 Å². The van der Waals surface area contributed by atoms with E-state index in [1.165, 1.54) is 30.5 Å². The van der Waals surface area contributed by atoms with Crippen molar-refractivity contribution in [2.24, 2.45) is 11.3 Å². The predicted octanol–water partition coefficient (Wildman–Crippen LogP) is 6.67. The van der Waals surface area contributed by atoms with Gasteiger partial charge < -0.3 is 14.2 Å². The quantitative estimate of drug-likeness (QED) is 0.438. The summed E-state index contributed by atoms with van der Waals surface area (Å²) in [7, 11) is 1.70. The van der Waals surface area contributed by atoms with E-state index in [9.17, 15) is 4.79 Å². The molecular weight excluding hydrogens is 396 g/mol. The number of methoxy groups -OCH3 is 1. The van der Waals surface area contributed by atoms with Gasteiger partial charge in [-0.3, -0.25) is 4.79 Å². The molecule has 4 heteroatoms. The highest BCUT2D eigenvalue weighted by Gasteiger charge is 2.28. The van der Waals surface area contributed by atoms with Crippen molar-refractivity contribution in [2.75, 3.05) is 7.11 Å². The summed E-state index contributed by atoms with van der Waals surface area (Å²) in [6, 6.07) is 12.9. The minimum absolute atomic E-state index is 0.251. The molecule has 1 aromatic heterocycles. The molecule has 0 N–H and O–H groups in total. The first kappa shape index (κ1) is 24.4. The molecule has 1 aromatic carbocycles. The Morgan fingerprint density at radius 1 is 1.16 bits per heavy atom. The Morgan fingerprint density at radius 3 is 2.59 bits per heavy atom. The van der Waals surface area contributed by atoms with E-state index in [0.29, 0.717) is 30.8 Å². The number of amides is 1. The van der Waals surface area contributed by atoms with Crippen molar-refractivity contribution >= 4 is 5.91 Å². The van der Waals surface area contributed by atoms with E-state index in [-0.39, 0.29) is 5.41 Å². The number of benzene rings is 1. The average molecular weight is 439 g/mol. The van der Waals surface area contributed by atoms with Crippen LogP contribution in [-0.4, -0.2) is 28.5 Å². The average Bonchev–Trinajstić information content (AvgIpc) is 3.17. The minimum Gasteiger partial charge on any atom is -0.497 e. The maximum atomic E-state index is 13.5. The molecule has 1 saturated carbocycles. The van der Waals surface area contributed by atoms with Gasteiger partial charge in [0.15, 0.2) is 0 Å². The fourth-order valence-corrected chi connectivity index (χ4v) is 5.24. The lowest BCUT2D eigenvalue weighted by Gasteiger charge is -2.36. The number of rotatable bonds is 9. The lowest BCUT2D eigenvalue weighted by molar-refractivity contribution is -0.136. The van der Waals surface area contributed by atoms with Crippen LogP contribution in [0.25, 0.3) is 0 Å². The van der Waals surface area contributed by atoms with Gasteiger partial charge in [-0.2, -0.15) is 0 Å². The van der Waals surface area contributed by atoms with Gasteiger partial charge in [-0.1, -0.05) is 59.1 Å². The molecule has 3 rings (SSSR count). The summed E-state index contributed by atoms with van der Waals surface area (Å²) in [6.07, 6.45) is 9.87. The van der Waals surface area contributed by atoms with E-state index in [1.54, 1.807) is 7.11 Å². The van der Waals surface area contributed by atoms with Crippen LogP contribution >= 0.6 is 0 Å². The fourth-order valence-electron chi connectivity index (χ4n) is 5.24. The number of carbonyl (C=O) groups excluding carboxylic acids is 1. The molecule has 0 unspecified atom stereocenters. The van der Waals surface area contributed by atoms with Crippen LogP contribution in [0, 0.1) is 11.3 Å². The molecule has 1 aliphatic carbocycles. The summed E-state index contributed by atoms with van der Waals surface area (Å²) < 4.78 is 7.66. The maximum Gasteiger partial charge on any atom is 0.223 e. The van der Waals surface area contributed by atoms with Crippen molar-refractivity contribution in [1.82, 2.24) is 9.47 Å². The standard InChI is InChI=1S/C28H42N2O2/c1-22(19-28(2,3)4)17-27(31)30(24-12-7-6-8-13-24)21-25-14-10-16-29(25)20-23-11-9-15-26(18-23)32-5/h9-11,14-16,18,22,24H,6-8,12-13,17,19-21H2,1-5H3/t22-/m0/s1. The second kappa shape index (κ2) is 11.1. The summed E-state index contributed by atoms with van der Waals surface area (Å²) in [6.45, 7) is 10.5. The maximum absolute atomic E-state index is 13.5. The van der Waals surface area contributed by atoms with E-state index in [1.807, 2.05) is 12.1 Å². The Labute approximate surface area is 195 Å². The van der Waals surface area contributed by atoms with Crippen molar-refractivity contribution in [3.8, 4) is 5.75 Å². The molecule has 0 saturated heterocycles. The van der Waals surface area contributed by atoms with Gasteiger partial charge >= 0.3 is 0 Å². The van der Waals surface area contributed by atoms with E-state index in [4.69, 9.17) is 4.74 Å². The van der Waals surface area contributed by atoms with Crippen molar-refractivity contribution in [2.45, 2.75) is 91.8 Å². The number of hydrogen-bond acceptors (Lipinski definition) is 2. The molecular formula is C28H42N2O2. The van der Waals surface area contributed by atoms with Crippen LogP contribution in [0.4, 0.5) is 0 Å². The Hall–Kier alpha value is -2.23.